The SMILES string of the molecule is C=C[C@@H](COCc1ccccc1)[C@@](O)(/C=C/OCc1ccccc1)C(=O)OC(C)C. The van der Waals surface area contributed by atoms with Gasteiger partial charge in [0.15, 0.2) is 5.60 Å². The zero-order chi connectivity index (χ0) is 21.8. The summed E-state index contributed by atoms with van der Waals surface area (Å²) in [5.41, 5.74) is 0.0107. The quantitative estimate of drug-likeness (QED) is 0.319. The molecule has 0 saturated carbocycles. The zero-order valence-corrected chi connectivity index (χ0v) is 17.6. The van der Waals surface area contributed by atoms with Crippen LogP contribution >= 0.6 is 0 Å². The number of benzene rings is 2. The number of hydrogen-bond acceptors (Lipinski definition) is 5. The molecule has 5 nitrogen and oxygen atoms in total. The number of esters is 1. The molecule has 160 valence electrons. The van der Waals surface area contributed by atoms with Crippen molar-refractivity contribution < 1.29 is 24.1 Å². The van der Waals surface area contributed by atoms with Gasteiger partial charge in [-0.1, -0.05) is 66.7 Å². The maximum absolute atomic E-state index is 12.7. The second-order valence-electron chi connectivity index (χ2n) is 7.22. The minimum absolute atomic E-state index is 0.0884. The van der Waals surface area contributed by atoms with Gasteiger partial charge in [-0.25, -0.2) is 4.79 Å². The summed E-state index contributed by atoms with van der Waals surface area (Å²) in [6.45, 7) is 7.98. The molecular weight excluding hydrogens is 380 g/mol. The van der Waals surface area contributed by atoms with Gasteiger partial charge >= 0.3 is 5.97 Å². The molecule has 0 aromatic heterocycles. The molecule has 2 aromatic rings. The molecule has 0 bridgehead atoms. The van der Waals surface area contributed by atoms with Crippen LogP contribution in [0.1, 0.15) is 25.0 Å². The second-order valence-corrected chi connectivity index (χ2v) is 7.22. The van der Waals surface area contributed by atoms with Crippen LogP contribution in [0.15, 0.2) is 85.7 Å². The molecule has 1 N–H and O–H groups in total. The lowest BCUT2D eigenvalue weighted by Crippen LogP contribution is -2.47. The Hall–Kier alpha value is -2.89. The van der Waals surface area contributed by atoms with Crippen LogP contribution in [0.4, 0.5) is 0 Å². The molecule has 0 aliphatic heterocycles. The average Bonchev–Trinajstić information content (AvgIpc) is 2.75. The molecular formula is C25H30O5. The topological polar surface area (TPSA) is 65.0 Å². The van der Waals surface area contributed by atoms with Crippen molar-refractivity contribution in [1.29, 1.82) is 0 Å². The standard InChI is InChI=1S/C25H30O5/c1-4-23(19-29-18-22-13-9-6-10-14-22)25(27,24(26)30-20(2)3)15-16-28-17-21-11-7-5-8-12-21/h4-16,20,23,27H,1,17-19H2,2-3H3/b16-15+/t23-,25-/m0/s1. The Kier molecular flexibility index (Phi) is 9.32. The molecule has 0 radical (unpaired) electrons. The summed E-state index contributed by atoms with van der Waals surface area (Å²) in [5.74, 6) is -1.49. The van der Waals surface area contributed by atoms with Crippen molar-refractivity contribution in [2.24, 2.45) is 5.92 Å². The lowest BCUT2D eigenvalue weighted by molar-refractivity contribution is -0.169. The number of hydrogen-bond donors (Lipinski definition) is 1. The van der Waals surface area contributed by atoms with E-state index in [0.29, 0.717) is 13.2 Å². The monoisotopic (exact) mass is 410 g/mol. The number of rotatable bonds is 12. The van der Waals surface area contributed by atoms with Gasteiger partial charge in [-0.15, -0.1) is 6.58 Å². The van der Waals surface area contributed by atoms with Crippen LogP contribution in [-0.4, -0.2) is 29.4 Å². The van der Waals surface area contributed by atoms with E-state index in [1.165, 1.54) is 18.4 Å². The predicted molar refractivity (Wildman–Crippen MR) is 116 cm³/mol. The fourth-order valence-corrected chi connectivity index (χ4v) is 2.77. The Morgan fingerprint density at radius 1 is 1.03 bits per heavy atom. The highest BCUT2D eigenvalue weighted by Gasteiger charge is 2.42. The molecule has 0 saturated heterocycles. The van der Waals surface area contributed by atoms with Crippen molar-refractivity contribution in [2.45, 2.75) is 38.8 Å². The first-order valence-corrected chi connectivity index (χ1v) is 9.96. The van der Waals surface area contributed by atoms with Gasteiger partial charge in [0.1, 0.15) is 6.61 Å². The maximum Gasteiger partial charge on any atom is 0.343 e. The number of carbonyl (C=O) groups excluding carboxylic acids is 1. The summed E-state index contributed by atoms with van der Waals surface area (Å²) in [4.78, 5) is 12.7. The Morgan fingerprint density at radius 2 is 1.60 bits per heavy atom. The fraction of sp³-hybridized carbons (Fsp3) is 0.320. The summed E-state index contributed by atoms with van der Waals surface area (Å²) in [5, 5.41) is 11.2. The molecule has 2 atom stereocenters. The lowest BCUT2D eigenvalue weighted by atomic mass is 9.87. The summed E-state index contributed by atoms with van der Waals surface area (Å²) >= 11 is 0. The van der Waals surface area contributed by atoms with E-state index in [2.05, 4.69) is 6.58 Å². The summed E-state index contributed by atoms with van der Waals surface area (Å²) in [7, 11) is 0. The summed E-state index contributed by atoms with van der Waals surface area (Å²) in [6.07, 6.45) is 3.74. The molecule has 0 aliphatic rings. The number of aliphatic hydroxyl groups is 1. The van der Waals surface area contributed by atoms with Crippen LogP contribution < -0.4 is 0 Å². The first-order chi connectivity index (χ1) is 14.5. The molecule has 0 amide bonds. The first kappa shape index (κ1) is 23.4. The van der Waals surface area contributed by atoms with E-state index in [4.69, 9.17) is 14.2 Å². The van der Waals surface area contributed by atoms with E-state index >= 15 is 0 Å². The fourth-order valence-electron chi connectivity index (χ4n) is 2.77. The van der Waals surface area contributed by atoms with E-state index in [1.54, 1.807) is 13.8 Å². The van der Waals surface area contributed by atoms with Gasteiger partial charge in [0, 0.05) is 5.92 Å². The maximum atomic E-state index is 12.7. The van der Waals surface area contributed by atoms with Gasteiger partial charge in [0.25, 0.3) is 0 Å². The largest absolute Gasteiger partial charge is 0.497 e. The van der Waals surface area contributed by atoms with Gasteiger partial charge in [0.2, 0.25) is 0 Å². The third-order valence-electron chi connectivity index (χ3n) is 4.44. The van der Waals surface area contributed by atoms with Gasteiger partial charge in [0.05, 0.1) is 25.6 Å². The molecule has 0 spiro atoms. The van der Waals surface area contributed by atoms with E-state index in [0.717, 1.165) is 11.1 Å². The van der Waals surface area contributed by atoms with Crippen molar-refractivity contribution in [2.75, 3.05) is 6.61 Å². The van der Waals surface area contributed by atoms with Crippen LogP contribution in [0, 0.1) is 5.92 Å². The minimum atomic E-state index is -1.96. The Morgan fingerprint density at radius 3 is 2.13 bits per heavy atom. The molecule has 0 heterocycles. The van der Waals surface area contributed by atoms with Gasteiger partial charge < -0.3 is 19.3 Å². The molecule has 0 unspecified atom stereocenters. The third kappa shape index (κ3) is 7.17. The Balaban J connectivity index is 2.06. The highest BCUT2D eigenvalue weighted by Crippen LogP contribution is 2.25. The van der Waals surface area contributed by atoms with Gasteiger partial charge in [-0.3, -0.25) is 0 Å². The van der Waals surface area contributed by atoms with Crippen molar-refractivity contribution >= 4 is 5.97 Å². The second kappa shape index (κ2) is 12.0. The van der Waals surface area contributed by atoms with Crippen molar-refractivity contribution in [3.05, 3.63) is 96.8 Å². The lowest BCUT2D eigenvalue weighted by Gasteiger charge is -2.30. The average molecular weight is 411 g/mol. The number of carbonyl (C=O) groups is 1. The van der Waals surface area contributed by atoms with Crippen LogP contribution in [0.25, 0.3) is 0 Å². The van der Waals surface area contributed by atoms with E-state index in [1.807, 2.05) is 60.7 Å². The molecule has 0 aliphatic carbocycles. The molecule has 5 heteroatoms. The van der Waals surface area contributed by atoms with Crippen molar-refractivity contribution in [3.8, 4) is 0 Å². The molecule has 2 aromatic carbocycles. The Labute approximate surface area is 178 Å². The normalized spacial score (nSPS) is 14.3. The van der Waals surface area contributed by atoms with Crippen LogP contribution in [-0.2, 0) is 32.2 Å². The number of ether oxygens (including phenoxy) is 3. The van der Waals surface area contributed by atoms with E-state index in [-0.39, 0.29) is 12.7 Å². The highest BCUT2D eigenvalue weighted by molar-refractivity contribution is 5.82. The zero-order valence-electron chi connectivity index (χ0n) is 17.6. The summed E-state index contributed by atoms with van der Waals surface area (Å²) in [6, 6.07) is 19.3. The van der Waals surface area contributed by atoms with Crippen LogP contribution in [0.3, 0.4) is 0 Å². The minimum Gasteiger partial charge on any atom is -0.497 e. The third-order valence-corrected chi connectivity index (χ3v) is 4.44. The van der Waals surface area contributed by atoms with Crippen LogP contribution in [0.5, 0.6) is 0 Å². The molecule has 2 rings (SSSR count). The predicted octanol–water partition coefficient (Wildman–Crippen LogP) is 4.42. The van der Waals surface area contributed by atoms with Crippen molar-refractivity contribution in [1.82, 2.24) is 0 Å². The van der Waals surface area contributed by atoms with Crippen molar-refractivity contribution in [3.63, 3.8) is 0 Å². The van der Waals surface area contributed by atoms with Crippen LogP contribution in [0.2, 0.25) is 0 Å². The van der Waals surface area contributed by atoms with E-state index < -0.39 is 17.5 Å². The smallest absolute Gasteiger partial charge is 0.343 e. The molecule has 30 heavy (non-hydrogen) atoms. The van der Waals surface area contributed by atoms with E-state index in [9.17, 15) is 9.90 Å². The summed E-state index contributed by atoms with van der Waals surface area (Å²) < 4.78 is 16.5. The highest BCUT2D eigenvalue weighted by atomic mass is 16.6. The Bertz CT molecular complexity index is 801. The molecule has 0 fully saturated rings. The van der Waals surface area contributed by atoms with Gasteiger partial charge in [-0.2, -0.15) is 0 Å². The first-order valence-electron chi connectivity index (χ1n) is 9.96. The van der Waals surface area contributed by atoms with Gasteiger partial charge in [-0.05, 0) is 31.1 Å².